The second kappa shape index (κ2) is 7.19. The third-order valence-corrected chi connectivity index (χ3v) is 4.51. The molecule has 0 radical (unpaired) electrons. The molecular weight excluding hydrogens is 346 g/mol. The molecule has 0 spiro atoms. The van der Waals surface area contributed by atoms with Crippen molar-refractivity contribution in [3.63, 3.8) is 0 Å². The van der Waals surface area contributed by atoms with Crippen LogP contribution in [0.15, 0.2) is 22.7 Å². The lowest BCUT2D eigenvalue weighted by Gasteiger charge is -2.14. The Hall–Kier alpha value is -0.920. The molecule has 0 fully saturated rings. The highest BCUT2D eigenvalue weighted by Crippen LogP contribution is 2.19. The zero-order valence-electron chi connectivity index (χ0n) is 11.6. The van der Waals surface area contributed by atoms with E-state index in [1.54, 1.807) is 18.2 Å². The molecule has 0 aliphatic heterocycles. The van der Waals surface area contributed by atoms with Crippen LogP contribution < -0.4 is 5.32 Å². The summed E-state index contributed by atoms with van der Waals surface area (Å²) in [5.41, 5.74) is 1.41. The van der Waals surface area contributed by atoms with Crippen LogP contribution in [0.4, 0.5) is 0 Å². The second-order valence-electron chi connectivity index (χ2n) is 4.67. The molecule has 1 N–H and O–H groups in total. The van der Waals surface area contributed by atoms with E-state index in [4.69, 9.17) is 0 Å². The number of benzene rings is 1. The summed E-state index contributed by atoms with van der Waals surface area (Å²) >= 11 is 3.39. The van der Waals surface area contributed by atoms with Gasteiger partial charge < -0.3 is 10.1 Å². The number of sulfone groups is 1. The van der Waals surface area contributed by atoms with Gasteiger partial charge in [-0.15, -0.1) is 0 Å². The van der Waals surface area contributed by atoms with Crippen LogP contribution in [0, 0.1) is 0 Å². The Morgan fingerprint density at radius 2 is 2.10 bits per heavy atom. The number of carbonyl (C=O) groups is 1. The number of nitrogens with one attached hydrogen (secondary N) is 1. The van der Waals surface area contributed by atoms with Crippen molar-refractivity contribution in [2.45, 2.75) is 19.5 Å². The molecule has 7 heteroatoms. The van der Waals surface area contributed by atoms with Crippen LogP contribution in [-0.4, -0.2) is 39.5 Å². The van der Waals surface area contributed by atoms with E-state index >= 15 is 0 Å². The topological polar surface area (TPSA) is 72.5 Å². The van der Waals surface area contributed by atoms with Crippen LogP contribution in [0.25, 0.3) is 0 Å². The Labute approximate surface area is 127 Å². The molecule has 0 bridgehead atoms. The zero-order valence-corrected chi connectivity index (χ0v) is 14.0. The van der Waals surface area contributed by atoms with Crippen LogP contribution in [0.2, 0.25) is 0 Å². The number of hydrogen-bond donors (Lipinski definition) is 1. The fourth-order valence-corrected chi connectivity index (χ4v) is 3.28. The molecule has 0 aromatic heterocycles. The highest BCUT2D eigenvalue weighted by Gasteiger charge is 2.12. The fourth-order valence-electron chi connectivity index (χ4n) is 1.73. The molecule has 1 unspecified atom stereocenters. The molecule has 1 atom stereocenters. The molecule has 0 aliphatic carbocycles. The lowest BCUT2D eigenvalue weighted by Crippen LogP contribution is -2.32. The van der Waals surface area contributed by atoms with Gasteiger partial charge in [-0.2, -0.15) is 0 Å². The second-order valence-corrected chi connectivity index (χ2v) is 7.71. The number of ether oxygens (including phenoxy) is 1. The number of methoxy groups -OCH3 is 1. The first kappa shape index (κ1) is 17.1. The van der Waals surface area contributed by atoms with Crippen molar-refractivity contribution < 1.29 is 17.9 Å². The van der Waals surface area contributed by atoms with Crippen molar-refractivity contribution in [3.05, 3.63) is 33.8 Å². The van der Waals surface area contributed by atoms with Crippen LogP contribution in [-0.2, 0) is 21.1 Å². The summed E-state index contributed by atoms with van der Waals surface area (Å²) in [7, 11) is -1.66. The first-order valence-electron chi connectivity index (χ1n) is 6.01. The highest BCUT2D eigenvalue weighted by molar-refractivity contribution is 9.10. The van der Waals surface area contributed by atoms with Gasteiger partial charge >= 0.3 is 5.97 Å². The van der Waals surface area contributed by atoms with Crippen LogP contribution in [0.5, 0.6) is 0 Å². The monoisotopic (exact) mass is 363 g/mol. The van der Waals surface area contributed by atoms with Gasteiger partial charge in [-0.3, -0.25) is 0 Å². The van der Waals surface area contributed by atoms with E-state index in [0.29, 0.717) is 12.1 Å². The lowest BCUT2D eigenvalue weighted by molar-refractivity contribution is 0.0600. The van der Waals surface area contributed by atoms with Crippen molar-refractivity contribution in [2.75, 3.05) is 19.1 Å². The Morgan fingerprint density at radius 1 is 1.45 bits per heavy atom. The van der Waals surface area contributed by atoms with Gasteiger partial charge in [0.05, 0.1) is 18.4 Å². The minimum absolute atomic E-state index is 0.0882. The largest absolute Gasteiger partial charge is 0.465 e. The Morgan fingerprint density at radius 3 is 2.60 bits per heavy atom. The van der Waals surface area contributed by atoms with Gasteiger partial charge in [0.25, 0.3) is 0 Å². The van der Waals surface area contributed by atoms with E-state index in [1.807, 2.05) is 6.92 Å². The normalized spacial score (nSPS) is 13.0. The molecule has 0 saturated heterocycles. The summed E-state index contributed by atoms with van der Waals surface area (Å²) in [6, 6.07) is 5.02. The predicted octanol–water partition coefficient (Wildman–Crippen LogP) is 1.76. The molecular formula is C13H18BrNO4S. The SMILES string of the molecule is COC(=O)c1ccc(CNC(C)CS(C)(=O)=O)c(Br)c1. The van der Waals surface area contributed by atoms with Gasteiger partial charge in [0.2, 0.25) is 0 Å². The van der Waals surface area contributed by atoms with Crippen molar-refractivity contribution in [3.8, 4) is 0 Å². The van der Waals surface area contributed by atoms with Gasteiger partial charge in [-0.25, -0.2) is 13.2 Å². The molecule has 0 saturated carbocycles. The van der Waals surface area contributed by atoms with Gasteiger partial charge in [-0.1, -0.05) is 22.0 Å². The van der Waals surface area contributed by atoms with Gasteiger partial charge in [0.15, 0.2) is 0 Å². The van der Waals surface area contributed by atoms with E-state index in [2.05, 4.69) is 26.0 Å². The van der Waals surface area contributed by atoms with Gasteiger partial charge in [-0.05, 0) is 24.6 Å². The lowest BCUT2D eigenvalue weighted by atomic mass is 10.1. The molecule has 1 rings (SSSR count). The number of esters is 1. The molecule has 0 amide bonds. The first-order valence-corrected chi connectivity index (χ1v) is 8.86. The number of rotatable bonds is 6. The summed E-state index contributed by atoms with van der Waals surface area (Å²) in [5.74, 6) is -0.305. The van der Waals surface area contributed by atoms with E-state index in [1.165, 1.54) is 13.4 Å². The standard InChI is InChI=1S/C13H18BrNO4S/c1-9(8-20(3,17)18)15-7-11-5-4-10(6-12(11)14)13(16)19-2/h4-6,9,15H,7-8H2,1-3H3. The summed E-state index contributed by atoms with van der Waals surface area (Å²) in [5, 5.41) is 3.13. The number of hydrogen-bond acceptors (Lipinski definition) is 5. The first-order chi connectivity index (χ1) is 9.23. The molecule has 1 aromatic carbocycles. The molecule has 0 heterocycles. The Bertz CT molecular complexity index is 586. The molecule has 5 nitrogen and oxygen atoms in total. The van der Waals surface area contributed by atoms with E-state index in [-0.39, 0.29) is 11.8 Å². The van der Waals surface area contributed by atoms with Gasteiger partial charge in [0, 0.05) is 23.3 Å². The number of halogens is 1. The van der Waals surface area contributed by atoms with Crippen molar-refractivity contribution in [1.82, 2.24) is 5.32 Å². The van der Waals surface area contributed by atoms with Crippen molar-refractivity contribution in [2.24, 2.45) is 0 Å². The molecule has 1 aromatic rings. The quantitative estimate of drug-likeness (QED) is 0.779. The predicted molar refractivity (Wildman–Crippen MR) is 81.5 cm³/mol. The maximum Gasteiger partial charge on any atom is 0.337 e. The molecule has 20 heavy (non-hydrogen) atoms. The molecule has 112 valence electrons. The van der Waals surface area contributed by atoms with Crippen molar-refractivity contribution in [1.29, 1.82) is 0 Å². The summed E-state index contributed by atoms with van der Waals surface area (Å²) < 4.78 is 27.8. The average molecular weight is 364 g/mol. The summed E-state index contributed by atoms with van der Waals surface area (Å²) in [6.45, 7) is 2.33. The minimum atomic E-state index is -2.99. The average Bonchev–Trinajstić information content (AvgIpc) is 2.34. The summed E-state index contributed by atoms with van der Waals surface area (Å²) in [6.07, 6.45) is 1.21. The van der Waals surface area contributed by atoms with Crippen molar-refractivity contribution >= 4 is 31.7 Å². The molecule has 0 aliphatic rings. The van der Waals surface area contributed by atoms with Gasteiger partial charge in [0.1, 0.15) is 9.84 Å². The van der Waals surface area contributed by atoms with Crippen LogP contribution in [0.3, 0.4) is 0 Å². The van der Waals surface area contributed by atoms with E-state index in [9.17, 15) is 13.2 Å². The van der Waals surface area contributed by atoms with E-state index in [0.717, 1.165) is 10.0 Å². The number of carbonyl (C=O) groups excluding carboxylic acids is 1. The fraction of sp³-hybridized carbons (Fsp3) is 0.462. The van der Waals surface area contributed by atoms with Crippen LogP contribution in [0.1, 0.15) is 22.8 Å². The zero-order chi connectivity index (χ0) is 15.3. The smallest absolute Gasteiger partial charge is 0.337 e. The maximum atomic E-state index is 11.4. The van der Waals surface area contributed by atoms with E-state index < -0.39 is 15.8 Å². The Kier molecular flexibility index (Phi) is 6.16. The summed E-state index contributed by atoms with van der Waals surface area (Å²) in [4.78, 5) is 11.4. The highest BCUT2D eigenvalue weighted by atomic mass is 79.9. The third kappa shape index (κ3) is 5.60. The van der Waals surface area contributed by atoms with Crippen LogP contribution >= 0.6 is 15.9 Å². The maximum absolute atomic E-state index is 11.4. The minimum Gasteiger partial charge on any atom is -0.465 e. The third-order valence-electron chi connectivity index (χ3n) is 2.67. The Balaban J connectivity index is 2.68.